The molecule has 0 aliphatic rings. The minimum absolute atomic E-state index is 0.105. The minimum Gasteiger partial charge on any atom is -0.494 e. The monoisotopic (exact) mass is 441 g/mol. The van der Waals surface area contributed by atoms with Gasteiger partial charge in [0.05, 0.1) is 6.61 Å². The van der Waals surface area contributed by atoms with E-state index in [0.717, 1.165) is 5.75 Å². The Morgan fingerprint density at radius 1 is 0.812 bits per heavy atom. The van der Waals surface area contributed by atoms with Crippen molar-refractivity contribution in [3.8, 4) is 5.75 Å². The highest BCUT2D eigenvalue weighted by atomic mass is 16.6. The van der Waals surface area contributed by atoms with Crippen molar-refractivity contribution >= 4 is 29.3 Å². The van der Waals surface area contributed by atoms with E-state index in [2.05, 4.69) is 16.0 Å². The molecule has 2 aromatic carbocycles. The molecule has 0 fully saturated rings. The van der Waals surface area contributed by atoms with E-state index in [1.165, 1.54) is 0 Å². The zero-order valence-electron chi connectivity index (χ0n) is 18.8. The predicted molar refractivity (Wildman–Crippen MR) is 124 cm³/mol. The Bertz CT molecular complexity index is 877. The Morgan fingerprint density at radius 3 is 1.94 bits per heavy atom. The predicted octanol–water partition coefficient (Wildman–Crippen LogP) is 4.34. The van der Waals surface area contributed by atoms with Crippen LogP contribution in [0.5, 0.6) is 5.75 Å². The van der Waals surface area contributed by atoms with Crippen LogP contribution in [0, 0.1) is 0 Å². The van der Waals surface area contributed by atoms with Crippen LogP contribution in [0.15, 0.2) is 54.6 Å². The van der Waals surface area contributed by atoms with Gasteiger partial charge in [-0.2, -0.15) is 0 Å². The Morgan fingerprint density at radius 2 is 1.38 bits per heavy atom. The van der Waals surface area contributed by atoms with Crippen molar-refractivity contribution in [3.63, 3.8) is 0 Å². The maximum Gasteiger partial charge on any atom is 0.407 e. The quantitative estimate of drug-likeness (QED) is 0.476. The summed E-state index contributed by atoms with van der Waals surface area (Å²) < 4.78 is 10.7. The first kappa shape index (κ1) is 24.7. The molecule has 0 unspecified atom stereocenters. The summed E-state index contributed by atoms with van der Waals surface area (Å²) in [6.45, 7) is 5.94. The normalized spacial score (nSPS) is 10.7. The number of alkyl carbamates (subject to hydrolysis) is 1. The van der Waals surface area contributed by atoms with Crippen LogP contribution < -0.4 is 20.7 Å². The maximum atomic E-state index is 12.1. The summed E-state index contributed by atoms with van der Waals surface area (Å²) in [5.41, 5.74) is 0.657. The number of rotatable bonds is 10. The summed E-state index contributed by atoms with van der Waals surface area (Å²) >= 11 is 0. The number of hydrogen-bond donors (Lipinski definition) is 3. The lowest BCUT2D eigenvalue weighted by molar-refractivity contribution is -0.117. The van der Waals surface area contributed by atoms with E-state index in [4.69, 9.17) is 9.47 Å². The van der Waals surface area contributed by atoms with Crippen LogP contribution >= 0.6 is 0 Å². The van der Waals surface area contributed by atoms with Crippen LogP contribution in [0.1, 0.15) is 40.0 Å². The number of amides is 3. The molecule has 2 aromatic rings. The zero-order chi connectivity index (χ0) is 23.4. The number of benzene rings is 2. The molecule has 8 heteroatoms. The molecule has 0 heterocycles. The van der Waals surface area contributed by atoms with E-state index in [-0.39, 0.29) is 24.8 Å². The summed E-state index contributed by atoms with van der Waals surface area (Å²) in [6.07, 6.45) is 0.502. The molecule has 0 saturated heterocycles. The van der Waals surface area contributed by atoms with E-state index in [0.29, 0.717) is 30.8 Å². The fourth-order valence-electron chi connectivity index (χ4n) is 2.62. The third kappa shape index (κ3) is 10.5. The van der Waals surface area contributed by atoms with Gasteiger partial charge in [0, 0.05) is 30.8 Å². The molecule has 0 saturated carbocycles. The Labute approximate surface area is 188 Å². The van der Waals surface area contributed by atoms with Gasteiger partial charge >= 0.3 is 6.09 Å². The topological polar surface area (TPSA) is 106 Å². The van der Waals surface area contributed by atoms with Crippen molar-refractivity contribution in [1.82, 2.24) is 5.32 Å². The molecule has 172 valence electrons. The highest BCUT2D eigenvalue weighted by Gasteiger charge is 2.15. The van der Waals surface area contributed by atoms with Crippen LogP contribution in [-0.2, 0) is 14.3 Å². The first-order chi connectivity index (χ1) is 15.2. The summed E-state index contributed by atoms with van der Waals surface area (Å²) in [5, 5.41) is 8.10. The molecule has 0 bridgehead atoms. The molecule has 8 nitrogen and oxygen atoms in total. The van der Waals surface area contributed by atoms with Gasteiger partial charge in [-0.25, -0.2) is 4.79 Å². The Kier molecular flexibility index (Phi) is 9.53. The number of nitrogens with one attached hydrogen (secondary N) is 3. The van der Waals surface area contributed by atoms with E-state index >= 15 is 0 Å². The van der Waals surface area contributed by atoms with Gasteiger partial charge in [-0.05, 0) is 63.6 Å². The van der Waals surface area contributed by atoms with Crippen LogP contribution in [0.4, 0.5) is 16.2 Å². The smallest absolute Gasteiger partial charge is 0.407 e. The van der Waals surface area contributed by atoms with Gasteiger partial charge in [0.1, 0.15) is 11.4 Å². The van der Waals surface area contributed by atoms with Gasteiger partial charge in [0.25, 0.3) is 0 Å². The second kappa shape index (κ2) is 12.3. The lowest BCUT2D eigenvalue weighted by atomic mass is 10.2. The summed E-state index contributed by atoms with van der Waals surface area (Å²) in [7, 11) is 0. The molecular weight excluding hydrogens is 410 g/mol. The molecule has 0 spiro atoms. The van der Waals surface area contributed by atoms with E-state index in [1.807, 2.05) is 30.3 Å². The number of hydrogen-bond acceptors (Lipinski definition) is 5. The minimum atomic E-state index is -0.584. The SMILES string of the molecule is CC(C)(C)OC(=O)NCCC(=O)Nc1ccc(NC(=O)CCCOc2ccccc2)cc1. The van der Waals surface area contributed by atoms with Crippen molar-refractivity contribution < 1.29 is 23.9 Å². The van der Waals surface area contributed by atoms with Gasteiger partial charge in [0.2, 0.25) is 11.8 Å². The van der Waals surface area contributed by atoms with E-state index in [1.54, 1.807) is 45.0 Å². The molecule has 3 N–H and O–H groups in total. The lowest BCUT2D eigenvalue weighted by Gasteiger charge is -2.19. The van der Waals surface area contributed by atoms with Crippen molar-refractivity contribution in [1.29, 1.82) is 0 Å². The molecule has 32 heavy (non-hydrogen) atoms. The molecule has 3 amide bonds. The van der Waals surface area contributed by atoms with Crippen molar-refractivity contribution in [2.24, 2.45) is 0 Å². The second-order valence-corrected chi connectivity index (χ2v) is 8.12. The second-order valence-electron chi connectivity index (χ2n) is 8.12. The average molecular weight is 442 g/mol. The molecule has 0 aromatic heterocycles. The van der Waals surface area contributed by atoms with Crippen molar-refractivity contribution in [2.45, 2.75) is 45.6 Å². The first-order valence-corrected chi connectivity index (χ1v) is 10.6. The van der Waals surface area contributed by atoms with E-state index in [9.17, 15) is 14.4 Å². The number of anilines is 2. The molecule has 0 aliphatic carbocycles. The van der Waals surface area contributed by atoms with E-state index < -0.39 is 11.7 Å². The third-order valence-corrected chi connectivity index (χ3v) is 4.03. The summed E-state index contributed by atoms with van der Waals surface area (Å²) in [5.74, 6) is 0.439. The van der Waals surface area contributed by atoms with Gasteiger partial charge in [0.15, 0.2) is 0 Å². The summed E-state index contributed by atoms with van der Waals surface area (Å²) in [4.78, 5) is 35.6. The zero-order valence-corrected chi connectivity index (χ0v) is 18.8. The van der Waals surface area contributed by atoms with Gasteiger partial charge in [-0.3, -0.25) is 9.59 Å². The molecule has 0 atom stereocenters. The fraction of sp³-hybridized carbons (Fsp3) is 0.375. The molecule has 2 rings (SSSR count). The van der Waals surface area contributed by atoms with Crippen LogP contribution in [-0.4, -0.2) is 36.7 Å². The average Bonchev–Trinajstić information content (AvgIpc) is 2.72. The number of ether oxygens (including phenoxy) is 2. The maximum absolute atomic E-state index is 12.1. The Hall–Kier alpha value is -3.55. The van der Waals surface area contributed by atoms with Gasteiger partial charge in [-0.1, -0.05) is 18.2 Å². The number of para-hydroxylation sites is 1. The van der Waals surface area contributed by atoms with Gasteiger partial charge < -0.3 is 25.4 Å². The highest BCUT2D eigenvalue weighted by molar-refractivity contribution is 5.93. The largest absolute Gasteiger partial charge is 0.494 e. The van der Waals surface area contributed by atoms with Crippen LogP contribution in [0.2, 0.25) is 0 Å². The third-order valence-electron chi connectivity index (χ3n) is 4.03. The van der Waals surface area contributed by atoms with Crippen molar-refractivity contribution in [3.05, 3.63) is 54.6 Å². The molecule has 0 radical (unpaired) electrons. The van der Waals surface area contributed by atoms with Crippen LogP contribution in [0.3, 0.4) is 0 Å². The van der Waals surface area contributed by atoms with Crippen molar-refractivity contribution in [2.75, 3.05) is 23.8 Å². The summed E-state index contributed by atoms with van der Waals surface area (Å²) in [6, 6.07) is 16.3. The number of carbonyl (C=O) groups excluding carboxylic acids is 3. The van der Waals surface area contributed by atoms with Gasteiger partial charge in [-0.15, -0.1) is 0 Å². The fourth-order valence-corrected chi connectivity index (χ4v) is 2.62. The number of carbonyl (C=O) groups is 3. The van der Waals surface area contributed by atoms with Crippen LogP contribution in [0.25, 0.3) is 0 Å². The highest BCUT2D eigenvalue weighted by Crippen LogP contribution is 2.15. The Balaban J connectivity index is 1.63. The molecule has 0 aliphatic heterocycles. The molecular formula is C24H31N3O5. The lowest BCUT2D eigenvalue weighted by Crippen LogP contribution is -2.34. The first-order valence-electron chi connectivity index (χ1n) is 10.6. The standard InChI is InChI=1S/C24H31N3O5/c1-24(2,3)32-23(30)25-16-15-22(29)27-19-13-11-18(12-14-19)26-21(28)10-7-17-31-20-8-5-4-6-9-20/h4-6,8-9,11-14H,7,10,15-17H2,1-3H3,(H,25,30)(H,26,28)(H,27,29).